The maximum atomic E-state index is 13.3. The van der Waals surface area contributed by atoms with Crippen molar-refractivity contribution in [3.05, 3.63) is 53.3 Å². The van der Waals surface area contributed by atoms with Crippen LogP contribution in [0.25, 0.3) is 10.2 Å². The van der Waals surface area contributed by atoms with E-state index in [-0.39, 0.29) is 31.2 Å². The lowest BCUT2D eigenvalue weighted by Crippen LogP contribution is -2.37. The number of thiazole rings is 1. The van der Waals surface area contributed by atoms with Gasteiger partial charge in [0.05, 0.1) is 29.3 Å². The number of nitrogens with one attached hydrogen (secondary N) is 3. The molecule has 0 aliphatic heterocycles. The van der Waals surface area contributed by atoms with Gasteiger partial charge in [-0.15, -0.1) is 11.3 Å². The zero-order valence-electron chi connectivity index (χ0n) is 14.7. The summed E-state index contributed by atoms with van der Waals surface area (Å²) in [4.78, 5) is 27.8. The molecule has 1 heterocycles. The SMILES string of the molecule is N#CCNC(=O)CNC(=O)Cc1nc2ccc(Nc3cccc(F)c3)cc2s1. The average Bonchev–Trinajstić information content (AvgIpc) is 3.06. The number of halogens is 1. The number of hydrogen-bond acceptors (Lipinski definition) is 6. The normalized spacial score (nSPS) is 10.3. The summed E-state index contributed by atoms with van der Waals surface area (Å²) >= 11 is 1.37. The standard InChI is InChI=1S/C19H16FN5O2S/c20-12-2-1-3-13(8-12)24-14-4-5-15-16(9-14)28-19(25-15)10-17(26)23-11-18(27)22-7-6-21/h1-5,8-9,24H,7,10-11H2,(H,22,27)(H,23,26). The van der Waals surface area contributed by atoms with E-state index >= 15 is 0 Å². The van der Waals surface area contributed by atoms with Crippen molar-refractivity contribution in [1.29, 1.82) is 5.26 Å². The van der Waals surface area contributed by atoms with Crippen LogP contribution >= 0.6 is 11.3 Å². The van der Waals surface area contributed by atoms with Gasteiger partial charge in [-0.3, -0.25) is 9.59 Å². The van der Waals surface area contributed by atoms with Crippen LogP contribution in [-0.4, -0.2) is 29.9 Å². The van der Waals surface area contributed by atoms with Gasteiger partial charge in [0.15, 0.2) is 0 Å². The molecule has 3 rings (SSSR count). The zero-order chi connectivity index (χ0) is 19.9. The lowest BCUT2D eigenvalue weighted by Gasteiger charge is -2.06. The molecule has 7 nitrogen and oxygen atoms in total. The summed E-state index contributed by atoms with van der Waals surface area (Å²) in [6, 6.07) is 13.5. The van der Waals surface area contributed by atoms with Crippen molar-refractivity contribution in [3.63, 3.8) is 0 Å². The highest BCUT2D eigenvalue weighted by molar-refractivity contribution is 7.18. The highest BCUT2D eigenvalue weighted by Gasteiger charge is 2.11. The lowest BCUT2D eigenvalue weighted by molar-refractivity contribution is -0.125. The molecule has 1 aromatic heterocycles. The number of benzene rings is 2. The second kappa shape index (κ2) is 8.92. The molecule has 0 saturated carbocycles. The van der Waals surface area contributed by atoms with Gasteiger partial charge in [-0.25, -0.2) is 9.37 Å². The molecule has 9 heteroatoms. The van der Waals surface area contributed by atoms with Gasteiger partial charge in [0, 0.05) is 11.4 Å². The Bertz CT molecular complexity index is 1060. The fraction of sp³-hybridized carbons (Fsp3) is 0.158. The molecule has 142 valence electrons. The summed E-state index contributed by atoms with van der Waals surface area (Å²) in [5.74, 6) is -1.07. The summed E-state index contributed by atoms with van der Waals surface area (Å²) in [5, 5.41) is 17.0. The fourth-order valence-electron chi connectivity index (χ4n) is 2.44. The van der Waals surface area contributed by atoms with Crippen LogP contribution in [0.3, 0.4) is 0 Å². The van der Waals surface area contributed by atoms with Crippen LogP contribution in [0.4, 0.5) is 15.8 Å². The third-order valence-corrected chi connectivity index (χ3v) is 4.69. The number of fused-ring (bicyclic) bond motifs is 1. The average molecular weight is 397 g/mol. The number of anilines is 2. The van der Waals surface area contributed by atoms with E-state index < -0.39 is 5.91 Å². The molecule has 0 bridgehead atoms. The molecule has 0 aliphatic rings. The Labute approximate surface area is 164 Å². The minimum absolute atomic E-state index is 0.0531. The Morgan fingerprint density at radius 3 is 2.71 bits per heavy atom. The summed E-state index contributed by atoms with van der Waals surface area (Å²) in [5.41, 5.74) is 2.18. The van der Waals surface area contributed by atoms with Crippen LogP contribution in [0.2, 0.25) is 0 Å². The second-order valence-corrected chi connectivity index (χ2v) is 6.93. The summed E-state index contributed by atoms with van der Waals surface area (Å²) in [6.45, 7) is -0.286. The van der Waals surface area contributed by atoms with Crippen LogP contribution in [0.5, 0.6) is 0 Å². The van der Waals surface area contributed by atoms with Gasteiger partial charge in [0.25, 0.3) is 0 Å². The molecule has 0 saturated heterocycles. The van der Waals surface area contributed by atoms with Crippen molar-refractivity contribution < 1.29 is 14.0 Å². The molecule has 28 heavy (non-hydrogen) atoms. The molecule has 3 N–H and O–H groups in total. The Morgan fingerprint density at radius 1 is 1.11 bits per heavy atom. The summed E-state index contributed by atoms with van der Waals surface area (Å²) < 4.78 is 14.2. The first-order valence-electron chi connectivity index (χ1n) is 8.36. The first-order valence-corrected chi connectivity index (χ1v) is 9.17. The van der Waals surface area contributed by atoms with E-state index in [1.165, 1.54) is 23.5 Å². The van der Waals surface area contributed by atoms with Crippen molar-refractivity contribution in [2.24, 2.45) is 0 Å². The maximum absolute atomic E-state index is 13.3. The number of aromatic nitrogens is 1. The predicted molar refractivity (Wildman–Crippen MR) is 105 cm³/mol. The zero-order valence-corrected chi connectivity index (χ0v) is 15.5. The topological polar surface area (TPSA) is 107 Å². The van der Waals surface area contributed by atoms with E-state index in [1.54, 1.807) is 18.2 Å². The molecule has 0 fully saturated rings. The summed E-state index contributed by atoms with van der Waals surface area (Å²) in [6.07, 6.45) is 0.0531. The van der Waals surface area contributed by atoms with Crippen LogP contribution in [-0.2, 0) is 16.0 Å². The minimum Gasteiger partial charge on any atom is -0.355 e. The van der Waals surface area contributed by atoms with Crippen molar-refractivity contribution >= 4 is 44.7 Å². The molecule has 0 aliphatic carbocycles. The third-order valence-electron chi connectivity index (χ3n) is 3.67. The van der Waals surface area contributed by atoms with E-state index in [2.05, 4.69) is 20.9 Å². The van der Waals surface area contributed by atoms with Crippen LogP contribution < -0.4 is 16.0 Å². The van der Waals surface area contributed by atoms with Crippen LogP contribution in [0.1, 0.15) is 5.01 Å². The number of nitrogens with zero attached hydrogens (tertiary/aromatic N) is 2. The molecule has 0 atom stereocenters. The van der Waals surface area contributed by atoms with Crippen molar-refractivity contribution in [2.75, 3.05) is 18.4 Å². The fourth-order valence-corrected chi connectivity index (χ4v) is 3.44. The number of carbonyl (C=O) groups is 2. The van der Waals surface area contributed by atoms with Gasteiger partial charge in [-0.1, -0.05) is 6.07 Å². The largest absolute Gasteiger partial charge is 0.355 e. The lowest BCUT2D eigenvalue weighted by atomic mass is 10.2. The van der Waals surface area contributed by atoms with Gasteiger partial charge in [0.1, 0.15) is 17.4 Å². The van der Waals surface area contributed by atoms with Gasteiger partial charge in [0.2, 0.25) is 11.8 Å². The molecular formula is C19H16FN5O2S. The van der Waals surface area contributed by atoms with Crippen molar-refractivity contribution in [3.8, 4) is 6.07 Å². The first kappa shape index (κ1) is 19.3. The third kappa shape index (κ3) is 5.25. The maximum Gasteiger partial charge on any atom is 0.240 e. The Hall–Kier alpha value is -3.51. The highest BCUT2D eigenvalue weighted by Crippen LogP contribution is 2.27. The quantitative estimate of drug-likeness (QED) is 0.531. The van der Waals surface area contributed by atoms with E-state index in [1.807, 2.05) is 18.2 Å². The number of hydrogen-bond donors (Lipinski definition) is 3. The van der Waals surface area contributed by atoms with Crippen LogP contribution in [0.15, 0.2) is 42.5 Å². The Kier molecular flexibility index (Phi) is 6.14. The molecule has 0 radical (unpaired) electrons. The number of rotatable bonds is 7. The molecule has 3 aromatic rings. The van der Waals surface area contributed by atoms with Gasteiger partial charge < -0.3 is 16.0 Å². The molecule has 2 aromatic carbocycles. The summed E-state index contributed by atoms with van der Waals surface area (Å²) in [7, 11) is 0. The first-order chi connectivity index (χ1) is 13.5. The van der Waals surface area contributed by atoms with Crippen molar-refractivity contribution in [2.45, 2.75) is 6.42 Å². The van der Waals surface area contributed by atoms with E-state index in [0.29, 0.717) is 10.7 Å². The monoisotopic (exact) mass is 397 g/mol. The van der Waals surface area contributed by atoms with E-state index in [4.69, 9.17) is 5.26 Å². The smallest absolute Gasteiger partial charge is 0.240 e. The van der Waals surface area contributed by atoms with Gasteiger partial charge in [-0.2, -0.15) is 5.26 Å². The molecular weight excluding hydrogens is 381 g/mol. The molecule has 0 unspecified atom stereocenters. The second-order valence-electron chi connectivity index (χ2n) is 5.81. The van der Waals surface area contributed by atoms with E-state index in [9.17, 15) is 14.0 Å². The number of carbonyl (C=O) groups excluding carboxylic acids is 2. The number of nitriles is 1. The molecule has 2 amide bonds. The van der Waals surface area contributed by atoms with Gasteiger partial charge >= 0.3 is 0 Å². The highest BCUT2D eigenvalue weighted by atomic mass is 32.1. The van der Waals surface area contributed by atoms with Crippen molar-refractivity contribution in [1.82, 2.24) is 15.6 Å². The molecule has 0 spiro atoms. The Morgan fingerprint density at radius 2 is 1.93 bits per heavy atom. The van der Waals surface area contributed by atoms with E-state index in [0.717, 1.165) is 15.9 Å². The minimum atomic E-state index is -0.424. The number of amides is 2. The predicted octanol–water partition coefficient (Wildman–Crippen LogP) is 2.48. The van der Waals surface area contributed by atoms with Crippen LogP contribution in [0, 0.1) is 17.1 Å². The Balaban J connectivity index is 1.61. The van der Waals surface area contributed by atoms with Gasteiger partial charge in [-0.05, 0) is 36.4 Å².